The van der Waals surface area contributed by atoms with Crippen LogP contribution in [0, 0.1) is 20.2 Å². The molecule has 80 valence electrons. The van der Waals surface area contributed by atoms with Crippen LogP contribution in [0.4, 0.5) is 17.2 Å². The third-order valence-corrected chi connectivity index (χ3v) is 1.56. The maximum atomic E-state index is 10.5. The molecule has 0 amide bonds. The number of nitro groups is 2. The number of rotatable bonds is 3. The van der Waals surface area contributed by atoms with Gasteiger partial charge in [0.1, 0.15) is 6.07 Å². The average molecular weight is 214 g/mol. The van der Waals surface area contributed by atoms with Crippen LogP contribution in [0.25, 0.3) is 0 Å². The molecule has 1 rings (SSSR count). The molecule has 0 aliphatic rings. The van der Waals surface area contributed by atoms with Crippen LogP contribution >= 0.6 is 0 Å². The molecular weight excluding hydrogens is 208 g/mol. The van der Waals surface area contributed by atoms with Gasteiger partial charge in [-0.2, -0.15) is 4.98 Å². The second kappa shape index (κ2) is 3.74. The zero-order chi connectivity index (χ0) is 11.6. The van der Waals surface area contributed by atoms with Crippen LogP contribution in [0.3, 0.4) is 0 Å². The van der Waals surface area contributed by atoms with E-state index in [1.807, 2.05) is 0 Å². The smallest absolute Gasteiger partial charge is 0.337 e. The topological polar surface area (TPSA) is 134 Å². The van der Waals surface area contributed by atoms with Gasteiger partial charge in [0, 0.05) is 0 Å². The van der Waals surface area contributed by atoms with Crippen LogP contribution in [0.15, 0.2) is 6.07 Å². The molecule has 0 bridgehead atoms. The number of hydrogen-bond donors (Lipinski definition) is 1. The zero-order valence-corrected chi connectivity index (χ0v) is 7.54. The first-order chi connectivity index (χ1) is 6.97. The Kier molecular flexibility index (Phi) is 2.65. The van der Waals surface area contributed by atoms with Crippen molar-refractivity contribution >= 4 is 17.2 Å². The highest BCUT2D eigenvalue weighted by atomic mass is 16.6. The lowest BCUT2D eigenvalue weighted by molar-refractivity contribution is -0.394. The van der Waals surface area contributed by atoms with Crippen LogP contribution in [0.1, 0.15) is 0 Å². The van der Waals surface area contributed by atoms with E-state index in [1.54, 1.807) is 0 Å². The average Bonchev–Trinajstić information content (AvgIpc) is 2.16. The molecule has 0 saturated carbocycles. The summed E-state index contributed by atoms with van der Waals surface area (Å²) in [5, 5.41) is 20.9. The fraction of sp³-hybridized carbons (Fsp3) is 0.167. The third kappa shape index (κ3) is 1.90. The summed E-state index contributed by atoms with van der Waals surface area (Å²) in [6.45, 7) is 0. The van der Waals surface area contributed by atoms with Crippen molar-refractivity contribution in [2.45, 2.75) is 0 Å². The molecule has 0 spiro atoms. The van der Waals surface area contributed by atoms with Gasteiger partial charge in [0.15, 0.2) is 0 Å². The zero-order valence-electron chi connectivity index (χ0n) is 7.54. The van der Waals surface area contributed by atoms with Crippen molar-refractivity contribution in [1.29, 1.82) is 0 Å². The molecule has 0 radical (unpaired) electrons. The van der Waals surface area contributed by atoms with Crippen LogP contribution in [0.5, 0.6) is 5.88 Å². The maximum absolute atomic E-state index is 10.5. The van der Waals surface area contributed by atoms with Gasteiger partial charge in [0.25, 0.3) is 5.88 Å². The van der Waals surface area contributed by atoms with E-state index in [9.17, 15) is 20.2 Å². The highest BCUT2D eigenvalue weighted by molar-refractivity contribution is 5.61. The minimum atomic E-state index is -0.852. The maximum Gasteiger partial charge on any atom is 0.337 e. The molecule has 0 atom stereocenters. The molecule has 0 aliphatic heterocycles. The van der Waals surface area contributed by atoms with Gasteiger partial charge >= 0.3 is 11.4 Å². The number of nitrogens with two attached hydrogens (primary N) is 1. The van der Waals surface area contributed by atoms with Crippen molar-refractivity contribution in [1.82, 2.24) is 4.98 Å². The monoisotopic (exact) mass is 214 g/mol. The van der Waals surface area contributed by atoms with Crippen molar-refractivity contribution in [3.05, 3.63) is 26.3 Å². The quantitative estimate of drug-likeness (QED) is 0.571. The molecule has 9 heteroatoms. The summed E-state index contributed by atoms with van der Waals surface area (Å²) in [6, 6.07) is 0.709. The van der Waals surface area contributed by atoms with Crippen LogP contribution in [0.2, 0.25) is 0 Å². The molecule has 9 nitrogen and oxygen atoms in total. The summed E-state index contributed by atoms with van der Waals surface area (Å²) in [5.41, 5.74) is 3.99. The molecule has 2 N–H and O–H groups in total. The number of nitrogens with zero attached hydrogens (tertiary/aromatic N) is 3. The lowest BCUT2D eigenvalue weighted by atomic mass is 10.3. The molecule has 1 aromatic heterocycles. The van der Waals surface area contributed by atoms with Crippen molar-refractivity contribution in [3.8, 4) is 5.88 Å². The largest absolute Gasteiger partial charge is 0.476 e. The highest BCUT2D eigenvalue weighted by Crippen LogP contribution is 2.32. The van der Waals surface area contributed by atoms with E-state index in [2.05, 4.69) is 9.72 Å². The minimum absolute atomic E-state index is 0.358. The predicted molar refractivity (Wildman–Crippen MR) is 48.5 cm³/mol. The van der Waals surface area contributed by atoms with E-state index in [4.69, 9.17) is 5.73 Å². The number of nitrogen functional groups attached to an aromatic ring is 1. The van der Waals surface area contributed by atoms with E-state index in [0.717, 1.165) is 7.11 Å². The van der Waals surface area contributed by atoms with Crippen LogP contribution < -0.4 is 10.5 Å². The Morgan fingerprint density at radius 2 is 1.87 bits per heavy atom. The summed E-state index contributed by atoms with van der Waals surface area (Å²) in [5.74, 6) is -0.787. The molecule has 0 aliphatic carbocycles. The SMILES string of the molecule is COc1nc(N)c([N+](=O)[O-])cc1[N+](=O)[O-]. The molecule has 15 heavy (non-hydrogen) atoms. The van der Waals surface area contributed by atoms with Crippen molar-refractivity contribution in [3.63, 3.8) is 0 Å². The van der Waals surface area contributed by atoms with Crippen molar-refractivity contribution in [2.75, 3.05) is 12.8 Å². The number of ether oxygens (including phenoxy) is 1. The summed E-state index contributed by atoms with van der Waals surface area (Å²) < 4.78 is 4.57. The number of hydrogen-bond acceptors (Lipinski definition) is 7. The van der Waals surface area contributed by atoms with E-state index < -0.39 is 27.0 Å². The van der Waals surface area contributed by atoms with Gasteiger partial charge in [-0.1, -0.05) is 0 Å². The predicted octanol–water partition coefficient (Wildman–Crippen LogP) is 0.489. The molecule has 0 saturated heterocycles. The molecule has 0 fully saturated rings. The van der Waals surface area contributed by atoms with E-state index in [1.165, 1.54) is 0 Å². The van der Waals surface area contributed by atoms with E-state index >= 15 is 0 Å². The second-order valence-corrected chi connectivity index (χ2v) is 2.44. The molecule has 0 aromatic carbocycles. The van der Waals surface area contributed by atoms with Crippen LogP contribution in [-0.4, -0.2) is 21.9 Å². The van der Waals surface area contributed by atoms with Crippen LogP contribution in [-0.2, 0) is 0 Å². The van der Waals surface area contributed by atoms with Gasteiger partial charge in [-0.25, -0.2) is 0 Å². The van der Waals surface area contributed by atoms with Gasteiger partial charge in [-0.3, -0.25) is 20.2 Å². The summed E-state index contributed by atoms with van der Waals surface area (Å²) >= 11 is 0. The van der Waals surface area contributed by atoms with Gasteiger partial charge in [0.05, 0.1) is 17.0 Å². The lowest BCUT2D eigenvalue weighted by Crippen LogP contribution is -2.03. The Hall–Kier alpha value is -2.45. The van der Waals surface area contributed by atoms with Gasteiger partial charge < -0.3 is 10.5 Å². The highest BCUT2D eigenvalue weighted by Gasteiger charge is 2.25. The number of methoxy groups -OCH3 is 1. The van der Waals surface area contributed by atoms with Crippen molar-refractivity contribution < 1.29 is 14.6 Å². The Labute approximate surface area is 82.8 Å². The fourth-order valence-corrected chi connectivity index (χ4v) is 0.916. The normalized spacial score (nSPS) is 9.67. The van der Waals surface area contributed by atoms with Gasteiger partial charge in [-0.15, -0.1) is 0 Å². The van der Waals surface area contributed by atoms with Crippen molar-refractivity contribution in [2.24, 2.45) is 0 Å². The summed E-state index contributed by atoms with van der Waals surface area (Å²) in [4.78, 5) is 22.6. The first-order valence-electron chi connectivity index (χ1n) is 3.60. The number of aromatic nitrogens is 1. The summed E-state index contributed by atoms with van der Waals surface area (Å²) in [6.07, 6.45) is 0. The Bertz CT molecular complexity index is 432. The lowest BCUT2D eigenvalue weighted by Gasteiger charge is -2.01. The van der Waals surface area contributed by atoms with E-state index in [0.29, 0.717) is 6.07 Å². The second-order valence-electron chi connectivity index (χ2n) is 2.44. The molecular formula is C6H6N4O5. The molecule has 0 unspecified atom stereocenters. The first kappa shape index (κ1) is 10.6. The first-order valence-corrected chi connectivity index (χ1v) is 3.60. The summed E-state index contributed by atoms with van der Waals surface area (Å²) in [7, 11) is 1.15. The van der Waals surface area contributed by atoms with E-state index in [-0.39, 0.29) is 5.88 Å². The Morgan fingerprint density at radius 3 is 2.27 bits per heavy atom. The molecule has 1 heterocycles. The fourth-order valence-electron chi connectivity index (χ4n) is 0.916. The minimum Gasteiger partial charge on any atom is -0.476 e. The Morgan fingerprint density at radius 1 is 1.33 bits per heavy atom. The number of pyridine rings is 1. The molecule has 1 aromatic rings. The van der Waals surface area contributed by atoms with Gasteiger partial charge in [-0.05, 0) is 0 Å². The third-order valence-electron chi connectivity index (χ3n) is 1.56. The number of anilines is 1. The standard InChI is InChI=1S/C6H6N4O5/c1-15-6-4(10(13)14)2-3(9(11)12)5(7)8-6/h2H,1H3,(H2,7,8). The Balaban J connectivity index is 3.43. The van der Waals surface area contributed by atoms with Gasteiger partial charge in [0.2, 0.25) is 5.82 Å².